The minimum absolute atomic E-state index is 0.426. The summed E-state index contributed by atoms with van der Waals surface area (Å²) in [5.41, 5.74) is 1.30. The van der Waals surface area contributed by atoms with E-state index in [2.05, 4.69) is 35.6 Å². The topological polar surface area (TPSA) is 29.9 Å². The Hall–Kier alpha value is -0.480. The zero-order chi connectivity index (χ0) is 10.1. The van der Waals surface area contributed by atoms with Gasteiger partial charge in [-0.05, 0) is 20.8 Å². The molecule has 1 N–H and O–H groups in total. The number of hydrogen-bond acceptors (Lipinski definition) is 3. The van der Waals surface area contributed by atoms with E-state index in [1.807, 2.05) is 24.3 Å². The van der Waals surface area contributed by atoms with Crippen molar-refractivity contribution in [3.05, 3.63) is 18.2 Å². The summed E-state index contributed by atoms with van der Waals surface area (Å²) in [5, 5.41) is 3.98. The molecule has 0 saturated carbocycles. The normalized spacial score (nSPS) is 27.4. The Labute approximate surface area is 89.3 Å². The highest BCUT2D eigenvalue weighted by atomic mass is 32.2. The van der Waals surface area contributed by atoms with Crippen LogP contribution in [0.4, 0.5) is 0 Å². The molecule has 0 bridgehead atoms. The standard InChI is InChI=1S/C10H17N3S/c1-7(2)13-6-11-4-9(13)10-12-8(3)5-14-10/h4,6-8,10,12H,5H2,1-3H3. The predicted molar refractivity (Wildman–Crippen MR) is 60.4 cm³/mol. The van der Waals surface area contributed by atoms with Gasteiger partial charge in [0.25, 0.3) is 0 Å². The van der Waals surface area contributed by atoms with Gasteiger partial charge in [0.15, 0.2) is 0 Å². The first-order chi connectivity index (χ1) is 6.68. The molecule has 2 rings (SSSR count). The van der Waals surface area contributed by atoms with Crippen molar-refractivity contribution in [2.75, 3.05) is 5.75 Å². The van der Waals surface area contributed by atoms with Gasteiger partial charge in [-0.2, -0.15) is 0 Å². The maximum Gasteiger partial charge on any atom is 0.0961 e. The molecule has 0 aliphatic carbocycles. The minimum Gasteiger partial charge on any atom is -0.330 e. The number of nitrogens with one attached hydrogen (secondary N) is 1. The average molecular weight is 211 g/mol. The lowest BCUT2D eigenvalue weighted by molar-refractivity contribution is 0.536. The maximum atomic E-state index is 4.22. The Balaban J connectivity index is 2.19. The predicted octanol–water partition coefficient (Wildman–Crippen LogP) is 2.19. The minimum atomic E-state index is 0.426. The van der Waals surface area contributed by atoms with Crippen LogP contribution >= 0.6 is 11.8 Å². The van der Waals surface area contributed by atoms with Gasteiger partial charge in [0, 0.05) is 17.8 Å². The first kappa shape index (κ1) is 10.1. The molecule has 1 aliphatic heterocycles. The van der Waals surface area contributed by atoms with E-state index in [1.165, 1.54) is 11.4 Å². The van der Waals surface area contributed by atoms with Crippen molar-refractivity contribution in [3.8, 4) is 0 Å². The van der Waals surface area contributed by atoms with Crippen molar-refractivity contribution >= 4 is 11.8 Å². The number of nitrogens with zero attached hydrogens (tertiary/aromatic N) is 2. The summed E-state index contributed by atoms with van der Waals surface area (Å²) in [6.07, 6.45) is 3.90. The fraction of sp³-hybridized carbons (Fsp3) is 0.700. The van der Waals surface area contributed by atoms with Gasteiger partial charge in [0.05, 0.1) is 23.6 Å². The first-order valence-electron chi connectivity index (χ1n) is 5.08. The average Bonchev–Trinajstić information content (AvgIpc) is 2.70. The molecule has 1 fully saturated rings. The lowest BCUT2D eigenvalue weighted by atomic mass is 10.3. The van der Waals surface area contributed by atoms with Gasteiger partial charge in [0.1, 0.15) is 0 Å². The van der Waals surface area contributed by atoms with Crippen molar-refractivity contribution in [1.82, 2.24) is 14.9 Å². The van der Waals surface area contributed by atoms with Gasteiger partial charge in [-0.1, -0.05) is 0 Å². The lowest BCUT2D eigenvalue weighted by Crippen LogP contribution is -2.23. The van der Waals surface area contributed by atoms with Crippen LogP contribution < -0.4 is 5.32 Å². The third-order valence-electron chi connectivity index (χ3n) is 2.47. The molecule has 1 aromatic rings. The second kappa shape index (κ2) is 3.95. The summed E-state index contributed by atoms with van der Waals surface area (Å²) >= 11 is 1.97. The van der Waals surface area contributed by atoms with E-state index >= 15 is 0 Å². The van der Waals surface area contributed by atoms with Crippen molar-refractivity contribution in [3.63, 3.8) is 0 Å². The van der Waals surface area contributed by atoms with Crippen molar-refractivity contribution < 1.29 is 0 Å². The number of thioether (sulfide) groups is 1. The van der Waals surface area contributed by atoms with Gasteiger partial charge in [-0.3, -0.25) is 5.32 Å². The largest absolute Gasteiger partial charge is 0.330 e. The highest BCUT2D eigenvalue weighted by Gasteiger charge is 2.25. The van der Waals surface area contributed by atoms with Gasteiger partial charge >= 0.3 is 0 Å². The van der Waals surface area contributed by atoms with Gasteiger partial charge in [-0.25, -0.2) is 4.98 Å². The van der Waals surface area contributed by atoms with Crippen LogP contribution in [0, 0.1) is 0 Å². The third-order valence-corrected chi connectivity index (χ3v) is 3.87. The number of aromatic nitrogens is 2. The van der Waals surface area contributed by atoms with Crippen LogP contribution in [0.1, 0.15) is 37.9 Å². The van der Waals surface area contributed by atoms with Crippen LogP contribution in [0.3, 0.4) is 0 Å². The lowest BCUT2D eigenvalue weighted by Gasteiger charge is -2.16. The smallest absolute Gasteiger partial charge is 0.0961 e. The fourth-order valence-corrected chi connectivity index (χ4v) is 2.97. The summed E-state index contributed by atoms with van der Waals surface area (Å²) in [6, 6.07) is 1.10. The molecule has 3 nitrogen and oxygen atoms in total. The summed E-state index contributed by atoms with van der Waals surface area (Å²) in [5.74, 6) is 1.19. The molecule has 1 aliphatic rings. The molecular formula is C10H17N3S. The number of hydrogen-bond donors (Lipinski definition) is 1. The molecule has 0 amide bonds. The SMILES string of the molecule is CC1CSC(c2cncn2C(C)C)N1. The maximum absolute atomic E-state index is 4.22. The summed E-state index contributed by atoms with van der Waals surface area (Å²) in [7, 11) is 0. The van der Waals surface area contributed by atoms with E-state index in [4.69, 9.17) is 0 Å². The van der Waals surface area contributed by atoms with Crippen LogP contribution in [0.15, 0.2) is 12.5 Å². The molecule has 14 heavy (non-hydrogen) atoms. The van der Waals surface area contributed by atoms with E-state index < -0.39 is 0 Å². The second-order valence-corrected chi connectivity index (χ2v) is 5.24. The molecule has 4 heteroatoms. The summed E-state index contributed by atoms with van der Waals surface area (Å²) in [4.78, 5) is 4.22. The molecule has 0 spiro atoms. The Kier molecular flexibility index (Phi) is 2.83. The van der Waals surface area contributed by atoms with Crippen molar-refractivity contribution in [2.45, 2.75) is 38.2 Å². The molecule has 2 unspecified atom stereocenters. The molecule has 0 radical (unpaired) electrons. The molecule has 0 aromatic carbocycles. The highest BCUT2D eigenvalue weighted by molar-refractivity contribution is 7.99. The van der Waals surface area contributed by atoms with Crippen LogP contribution in [0.25, 0.3) is 0 Å². The number of imidazole rings is 1. The van der Waals surface area contributed by atoms with Crippen molar-refractivity contribution in [1.29, 1.82) is 0 Å². The Morgan fingerprint density at radius 3 is 3.00 bits per heavy atom. The Morgan fingerprint density at radius 2 is 2.43 bits per heavy atom. The second-order valence-electron chi connectivity index (χ2n) is 4.10. The molecule has 1 saturated heterocycles. The van der Waals surface area contributed by atoms with Gasteiger partial charge < -0.3 is 4.57 Å². The molecule has 78 valence electrons. The van der Waals surface area contributed by atoms with E-state index in [1.54, 1.807) is 0 Å². The highest BCUT2D eigenvalue weighted by Crippen LogP contribution is 2.33. The molecular weight excluding hydrogens is 194 g/mol. The quantitative estimate of drug-likeness (QED) is 0.813. The monoisotopic (exact) mass is 211 g/mol. The van der Waals surface area contributed by atoms with Crippen molar-refractivity contribution in [2.24, 2.45) is 0 Å². The van der Waals surface area contributed by atoms with Crippen LogP contribution in [-0.2, 0) is 0 Å². The third kappa shape index (κ3) is 1.81. The number of rotatable bonds is 2. The first-order valence-corrected chi connectivity index (χ1v) is 6.12. The Bertz CT molecular complexity index is 308. The van der Waals surface area contributed by atoms with E-state index in [-0.39, 0.29) is 0 Å². The fourth-order valence-electron chi connectivity index (χ4n) is 1.72. The van der Waals surface area contributed by atoms with Crippen LogP contribution in [-0.4, -0.2) is 21.3 Å². The van der Waals surface area contributed by atoms with Crippen LogP contribution in [0.5, 0.6) is 0 Å². The molecule has 2 atom stereocenters. The summed E-state index contributed by atoms with van der Waals surface area (Å²) in [6.45, 7) is 6.60. The van der Waals surface area contributed by atoms with Gasteiger partial charge in [-0.15, -0.1) is 11.8 Å². The van der Waals surface area contributed by atoms with E-state index in [0.717, 1.165) is 0 Å². The van der Waals surface area contributed by atoms with E-state index in [9.17, 15) is 0 Å². The zero-order valence-electron chi connectivity index (χ0n) is 8.90. The van der Waals surface area contributed by atoms with E-state index in [0.29, 0.717) is 17.5 Å². The van der Waals surface area contributed by atoms with Crippen LogP contribution in [0.2, 0.25) is 0 Å². The Morgan fingerprint density at radius 1 is 1.64 bits per heavy atom. The van der Waals surface area contributed by atoms with Gasteiger partial charge in [0.2, 0.25) is 0 Å². The molecule has 1 aromatic heterocycles. The zero-order valence-corrected chi connectivity index (χ0v) is 9.71. The molecule has 2 heterocycles. The summed E-state index contributed by atoms with van der Waals surface area (Å²) < 4.78 is 2.24.